The van der Waals surface area contributed by atoms with Gasteiger partial charge in [0, 0.05) is 43.6 Å². The number of hydrogen-bond donors (Lipinski definition) is 2. The molecule has 0 bridgehead atoms. The van der Waals surface area contributed by atoms with Crippen molar-refractivity contribution in [2.45, 2.75) is 26.4 Å². The van der Waals surface area contributed by atoms with E-state index in [1.54, 1.807) is 11.1 Å². The molecule has 0 spiro atoms. The van der Waals surface area contributed by atoms with Gasteiger partial charge in [-0.1, -0.05) is 0 Å². The third-order valence-electron chi connectivity index (χ3n) is 4.51. The Balaban J connectivity index is 1.76. The number of carbonyl (C=O) groups is 1. The van der Waals surface area contributed by atoms with Crippen LogP contribution in [0.5, 0.6) is 0 Å². The number of carbonyl (C=O) groups excluding carboxylic acids is 1. The van der Waals surface area contributed by atoms with Gasteiger partial charge >= 0.3 is 6.09 Å². The van der Waals surface area contributed by atoms with Gasteiger partial charge in [0.25, 0.3) is 0 Å². The van der Waals surface area contributed by atoms with Crippen LogP contribution in [0.3, 0.4) is 0 Å². The second-order valence-corrected chi connectivity index (χ2v) is 7.84. The van der Waals surface area contributed by atoms with Crippen LogP contribution in [0.2, 0.25) is 0 Å². The van der Waals surface area contributed by atoms with Crippen LogP contribution in [0.15, 0.2) is 30.6 Å². The van der Waals surface area contributed by atoms with Crippen molar-refractivity contribution in [3.63, 3.8) is 0 Å². The van der Waals surface area contributed by atoms with E-state index in [2.05, 4.69) is 4.98 Å². The Hall–Kier alpha value is -3.03. The maximum absolute atomic E-state index is 14.3. The van der Waals surface area contributed by atoms with E-state index in [1.165, 1.54) is 18.3 Å². The maximum atomic E-state index is 14.3. The van der Waals surface area contributed by atoms with Crippen molar-refractivity contribution in [1.82, 2.24) is 9.88 Å². The molecule has 0 aliphatic carbocycles. The maximum Gasteiger partial charge on any atom is 0.410 e. The molecule has 28 heavy (non-hydrogen) atoms. The summed E-state index contributed by atoms with van der Waals surface area (Å²) in [6.07, 6.45) is 2.71. The minimum atomic E-state index is -0.531. The van der Waals surface area contributed by atoms with E-state index in [-0.39, 0.29) is 11.9 Å². The molecule has 1 fully saturated rings. The highest BCUT2D eigenvalue weighted by Gasteiger charge is 2.26. The quantitative estimate of drug-likeness (QED) is 0.822. The van der Waals surface area contributed by atoms with Crippen molar-refractivity contribution >= 4 is 23.2 Å². The topological polar surface area (TPSA) is 97.7 Å². The van der Waals surface area contributed by atoms with Crippen molar-refractivity contribution in [3.05, 3.63) is 36.4 Å². The number of hydrogen-bond acceptors (Lipinski definition) is 6. The summed E-state index contributed by atoms with van der Waals surface area (Å²) in [7, 11) is 0. The molecule has 2 aromatic rings. The lowest BCUT2D eigenvalue weighted by Gasteiger charge is -2.37. The highest BCUT2D eigenvalue weighted by molar-refractivity contribution is 5.84. The Labute approximate surface area is 164 Å². The fourth-order valence-corrected chi connectivity index (χ4v) is 3.10. The Kier molecular flexibility index (Phi) is 5.31. The highest BCUT2D eigenvalue weighted by Crippen LogP contribution is 2.32. The molecule has 0 atom stereocenters. The molecule has 150 valence electrons. The zero-order valence-corrected chi connectivity index (χ0v) is 16.4. The van der Waals surface area contributed by atoms with E-state index in [9.17, 15) is 9.18 Å². The predicted octanol–water partition coefficient (Wildman–Crippen LogP) is 3.11. The van der Waals surface area contributed by atoms with Crippen LogP contribution in [0.25, 0.3) is 11.1 Å². The zero-order valence-electron chi connectivity index (χ0n) is 16.4. The fraction of sp³-hybridized carbons (Fsp3) is 0.400. The molecular weight excluding hydrogens is 361 g/mol. The largest absolute Gasteiger partial charge is 0.444 e. The molecule has 3 rings (SSSR count). The van der Waals surface area contributed by atoms with Gasteiger partial charge in [-0.3, -0.25) is 4.98 Å². The number of piperazine rings is 1. The second-order valence-electron chi connectivity index (χ2n) is 7.84. The summed E-state index contributed by atoms with van der Waals surface area (Å²) in [5.41, 5.74) is 14.0. The molecule has 1 aromatic heterocycles. The summed E-state index contributed by atoms with van der Waals surface area (Å²) in [4.78, 5) is 20.0. The summed E-state index contributed by atoms with van der Waals surface area (Å²) in [6.45, 7) is 7.68. The molecule has 1 aliphatic heterocycles. The van der Waals surface area contributed by atoms with Gasteiger partial charge in [0.2, 0.25) is 0 Å². The summed E-state index contributed by atoms with van der Waals surface area (Å²) in [5, 5.41) is 0. The number of nitrogens with two attached hydrogens (primary N) is 2. The van der Waals surface area contributed by atoms with Gasteiger partial charge in [-0.2, -0.15) is 0 Å². The van der Waals surface area contributed by atoms with Gasteiger partial charge in [0.05, 0.1) is 17.6 Å². The molecular formula is C20H26FN5O2. The van der Waals surface area contributed by atoms with E-state index in [1.807, 2.05) is 31.7 Å². The van der Waals surface area contributed by atoms with Gasteiger partial charge in [-0.15, -0.1) is 0 Å². The number of nitrogens with zero attached hydrogens (tertiary/aromatic N) is 3. The molecule has 1 saturated heterocycles. The zero-order chi connectivity index (χ0) is 20.5. The van der Waals surface area contributed by atoms with Crippen LogP contribution in [-0.2, 0) is 4.74 Å². The van der Waals surface area contributed by atoms with Crippen LogP contribution >= 0.6 is 0 Å². The number of benzene rings is 1. The Bertz CT molecular complexity index is 873. The van der Waals surface area contributed by atoms with E-state index in [0.717, 1.165) is 5.69 Å². The average Bonchev–Trinajstić information content (AvgIpc) is 2.62. The Morgan fingerprint density at radius 2 is 1.79 bits per heavy atom. The molecule has 7 nitrogen and oxygen atoms in total. The smallest absolute Gasteiger partial charge is 0.410 e. The summed E-state index contributed by atoms with van der Waals surface area (Å²) < 4.78 is 19.7. The summed E-state index contributed by atoms with van der Waals surface area (Å²) >= 11 is 0. The number of rotatable bonds is 2. The normalized spacial score (nSPS) is 14.9. The van der Waals surface area contributed by atoms with Gasteiger partial charge in [0.1, 0.15) is 11.4 Å². The van der Waals surface area contributed by atoms with Gasteiger partial charge < -0.3 is 26.0 Å². The SMILES string of the molecule is CC(C)(C)OC(=O)N1CCN(c2cc(F)cc(-c3cncc(N)c3N)c2)CC1. The fourth-order valence-electron chi connectivity index (χ4n) is 3.10. The van der Waals surface area contributed by atoms with E-state index in [0.29, 0.717) is 48.7 Å². The van der Waals surface area contributed by atoms with Crippen LogP contribution < -0.4 is 16.4 Å². The predicted molar refractivity (Wildman–Crippen MR) is 108 cm³/mol. The molecule has 1 aromatic carbocycles. The van der Waals surface area contributed by atoms with Crippen LogP contribution in [-0.4, -0.2) is 47.8 Å². The molecule has 4 N–H and O–H groups in total. The van der Waals surface area contributed by atoms with Crippen LogP contribution in [0.4, 0.5) is 26.2 Å². The molecule has 0 saturated carbocycles. The summed E-state index contributed by atoms with van der Waals surface area (Å²) in [6, 6.07) is 4.74. The first-order valence-corrected chi connectivity index (χ1v) is 9.17. The number of aromatic nitrogens is 1. The lowest BCUT2D eigenvalue weighted by atomic mass is 10.0. The van der Waals surface area contributed by atoms with Gasteiger partial charge in [-0.25, -0.2) is 9.18 Å². The average molecular weight is 387 g/mol. The van der Waals surface area contributed by atoms with Crippen LogP contribution in [0, 0.1) is 5.82 Å². The monoisotopic (exact) mass is 387 g/mol. The van der Waals surface area contributed by atoms with Crippen molar-refractivity contribution in [1.29, 1.82) is 0 Å². The lowest BCUT2D eigenvalue weighted by molar-refractivity contribution is 0.0240. The third-order valence-corrected chi connectivity index (χ3v) is 4.51. The van der Waals surface area contributed by atoms with E-state index in [4.69, 9.17) is 16.2 Å². The minimum Gasteiger partial charge on any atom is -0.444 e. The van der Waals surface area contributed by atoms with Crippen molar-refractivity contribution in [2.75, 3.05) is 42.5 Å². The first kappa shape index (κ1) is 19.7. The van der Waals surface area contributed by atoms with Crippen molar-refractivity contribution in [3.8, 4) is 11.1 Å². The first-order chi connectivity index (χ1) is 13.1. The number of amides is 1. The molecule has 1 aliphatic rings. The number of ether oxygens (including phenoxy) is 1. The highest BCUT2D eigenvalue weighted by atomic mass is 19.1. The number of nitrogen functional groups attached to an aromatic ring is 2. The number of halogens is 1. The molecule has 1 amide bonds. The van der Waals surface area contributed by atoms with Crippen molar-refractivity contribution < 1.29 is 13.9 Å². The van der Waals surface area contributed by atoms with Crippen LogP contribution in [0.1, 0.15) is 20.8 Å². The van der Waals surface area contributed by atoms with Gasteiger partial charge in [-0.05, 0) is 44.5 Å². The summed E-state index contributed by atoms with van der Waals surface area (Å²) in [5.74, 6) is -0.371. The van der Waals surface area contributed by atoms with E-state index >= 15 is 0 Å². The molecule has 0 radical (unpaired) electrons. The standard InChI is InChI=1S/C20H26FN5O2/c1-20(2,3)28-19(27)26-6-4-25(5-7-26)15-9-13(8-14(21)10-15)16-11-24-12-17(22)18(16)23/h8-12H,4-7,22H2,1-3H3,(H2,23,24). The third kappa shape index (κ3) is 4.44. The molecule has 2 heterocycles. The van der Waals surface area contributed by atoms with Crippen molar-refractivity contribution in [2.24, 2.45) is 0 Å². The number of anilines is 3. The Morgan fingerprint density at radius 1 is 1.11 bits per heavy atom. The Morgan fingerprint density at radius 3 is 2.43 bits per heavy atom. The second kappa shape index (κ2) is 7.53. The van der Waals surface area contributed by atoms with Gasteiger partial charge in [0.15, 0.2) is 0 Å². The molecule has 8 heteroatoms. The minimum absolute atomic E-state index is 0.328. The number of pyridine rings is 1. The first-order valence-electron chi connectivity index (χ1n) is 9.17. The van der Waals surface area contributed by atoms with E-state index < -0.39 is 5.60 Å². The lowest BCUT2D eigenvalue weighted by Crippen LogP contribution is -2.50. The molecule has 0 unspecified atom stereocenters.